The molecule has 1 fully saturated rings. The molecule has 5 heteroatoms. The Bertz CT molecular complexity index is 387. The lowest BCUT2D eigenvalue weighted by Crippen LogP contribution is -2.35. The van der Waals surface area contributed by atoms with Crippen LogP contribution in [0.3, 0.4) is 0 Å². The van der Waals surface area contributed by atoms with Gasteiger partial charge in [-0.2, -0.15) is 0 Å². The topological polar surface area (TPSA) is 67.1 Å². The van der Waals surface area contributed by atoms with Crippen LogP contribution >= 0.6 is 0 Å². The van der Waals surface area contributed by atoms with Gasteiger partial charge in [-0.1, -0.05) is 26.7 Å². The number of hydrogen-bond donors (Lipinski definition) is 2. The van der Waals surface area contributed by atoms with Gasteiger partial charge in [-0.3, -0.25) is 0 Å². The van der Waals surface area contributed by atoms with Crippen molar-refractivity contribution in [2.24, 2.45) is 11.8 Å². The number of nitrogen functional groups attached to an aromatic ring is 1. The van der Waals surface area contributed by atoms with Crippen molar-refractivity contribution in [1.29, 1.82) is 0 Å². The summed E-state index contributed by atoms with van der Waals surface area (Å²) in [6.07, 6.45) is 7.97. The number of nitrogens with two attached hydrogens (primary N) is 1. The average Bonchev–Trinajstić information content (AvgIpc) is 2.93. The number of hydrogen-bond acceptors (Lipinski definition) is 5. The quantitative estimate of drug-likeness (QED) is 0.610. The first kappa shape index (κ1) is 14.1. The molecule has 1 aliphatic carbocycles. The van der Waals surface area contributed by atoms with Crippen LogP contribution in [0.2, 0.25) is 0 Å². The molecular weight excluding hydrogens is 238 g/mol. The van der Waals surface area contributed by atoms with E-state index in [-0.39, 0.29) is 0 Å². The molecular formula is C14H25N5. The average molecular weight is 263 g/mol. The molecule has 0 atom stereocenters. The van der Waals surface area contributed by atoms with E-state index >= 15 is 0 Å². The lowest BCUT2D eigenvalue weighted by atomic mass is 10.1. The van der Waals surface area contributed by atoms with Crippen LogP contribution in [0.25, 0.3) is 0 Å². The molecule has 0 aromatic carbocycles. The summed E-state index contributed by atoms with van der Waals surface area (Å²) in [4.78, 5) is 11.0. The van der Waals surface area contributed by atoms with Gasteiger partial charge >= 0.3 is 0 Å². The lowest BCUT2D eigenvalue weighted by Gasteiger charge is -2.30. The number of anilines is 2. The monoisotopic (exact) mass is 263 g/mol. The molecule has 1 aromatic rings. The third-order valence-corrected chi connectivity index (χ3v) is 3.81. The van der Waals surface area contributed by atoms with Crippen LogP contribution in [0.5, 0.6) is 0 Å². The van der Waals surface area contributed by atoms with Crippen molar-refractivity contribution in [2.45, 2.75) is 52.0 Å². The number of rotatable bonds is 6. The smallest absolute Gasteiger partial charge is 0.145 e. The molecule has 3 N–H and O–H groups in total. The fourth-order valence-corrected chi connectivity index (χ4v) is 2.68. The molecule has 19 heavy (non-hydrogen) atoms. The third-order valence-electron chi connectivity index (χ3n) is 3.81. The van der Waals surface area contributed by atoms with E-state index in [2.05, 4.69) is 34.1 Å². The summed E-state index contributed by atoms with van der Waals surface area (Å²) < 4.78 is 0. The molecule has 106 valence electrons. The van der Waals surface area contributed by atoms with Crippen LogP contribution in [0.4, 0.5) is 11.6 Å². The summed E-state index contributed by atoms with van der Waals surface area (Å²) in [6.45, 7) is 5.59. The van der Waals surface area contributed by atoms with Crippen LogP contribution in [0.15, 0.2) is 12.4 Å². The van der Waals surface area contributed by atoms with Gasteiger partial charge in [-0.15, -0.1) is 0 Å². The van der Waals surface area contributed by atoms with Gasteiger partial charge in [0.25, 0.3) is 0 Å². The second-order valence-electron chi connectivity index (χ2n) is 5.72. The van der Waals surface area contributed by atoms with E-state index in [1.54, 1.807) is 6.33 Å². The predicted octanol–water partition coefficient (Wildman–Crippen LogP) is 2.56. The summed E-state index contributed by atoms with van der Waals surface area (Å²) >= 11 is 0. The summed E-state index contributed by atoms with van der Waals surface area (Å²) in [5, 5.41) is 0. The first-order valence-electron chi connectivity index (χ1n) is 7.26. The number of nitrogens with one attached hydrogen (secondary N) is 1. The lowest BCUT2D eigenvalue weighted by molar-refractivity contribution is 0.525. The predicted molar refractivity (Wildman–Crippen MR) is 78.9 cm³/mol. The van der Waals surface area contributed by atoms with Crippen LogP contribution in [-0.4, -0.2) is 22.6 Å². The standard InChI is InChI=1S/C14H25N5/c1-11(2)7-8-19(12-5-3-4-6-12)14-9-13(18-15)16-10-17-14/h9-12H,3-8,15H2,1-2H3,(H,16,17,18). The summed E-state index contributed by atoms with van der Waals surface area (Å²) in [7, 11) is 0. The Morgan fingerprint density at radius 3 is 2.74 bits per heavy atom. The van der Waals surface area contributed by atoms with Crippen molar-refractivity contribution in [3.63, 3.8) is 0 Å². The van der Waals surface area contributed by atoms with E-state index in [0.717, 1.165) is 12.4 Å². The molecule has 0 unspecified atom stereocenters. The molecule has 0 radical (unpaired) electrons. The molecule has 0 spiro atoms. The zero-order valence-corrected chi connectivity index (χ0v) is 12.0. The van der Waals surface area contributed by atoms with Crippen molar-refractivity contribution >= 4 is 11.6 Å². The van der Waals surface area contributed by atoms with Gasteiger partial charge in [0, 0.05) is 18.7 Å². The van der Waals surface area contributed by atoms with Gasteiger partial charge in [0.1, 0.15) is 18.0 Å². The Hall–Kier alpha value is -1.36. The highest BCUT2D eigenvalue weighted by atomic mass is 15.3. The van der Waals surface area contributed by atoms with Crippen LogP contribution < -0.4 is 16.2 Å². The maximum Gasteiger partial charge on any atom is 0.145 e. The molecule has 0 saturated heterocycles. The molecule has 5 nitrogen and oxygen atoms in total. The van der Waals surface area contributed by atoms with Crippen molar-refractivity contribution in [3.05, 3.63) is 12.4 Å². The molecule has 0 bridgehead atoms. The van der Waals surface area contributed by atoms with Gasteiger partial charge in [0.05, 0.1) is 0 Å². The van der Waals surface area contributed by atoms with Crippen molar-refractivity contribution in [1.82, 2.24) is 9.97 Å². The van der Waals surface area contributed by atoms with E-state index in [4.69, 9.17) is 5.84 Å². The molecule has 1 heterocycles. The first-order valence-corrected chi connectivity index (χ1v) is 7.26. The molecule has 0 amide bonds. The maximum atomic E-state index is 5.44. The van der Waals surface area contributed by atoms with Crippen molar-refractivity contribution in [2.75, 3.05) is 16.9 Å². The molecule has 0 aliphatic heterocycles. The van der Waals surface area contributed by atoms with E-state index in [1.165, 1.54) is 32.1 Å². The summed E-state index contributed by atoms with van der Waals surface area (Å²) in [5.74, 6) is 7.82. The van der Waals surface area contributed by atoms with E-state index in [1.807, 2.05) is 6.07 Å². The minimum absolute atomic E-state index is 0.624. The van der Waals surface area contributed by atoms with E-state index < -0.39 is 0 Å². The minimum atomic E-state index is 0.624. The summed E-state index contributed by atoms with van der Waals surface area (Å²) in [6, 6.07) is 2.57. The Balaban J connectivity index is 2.14. The highest BCUT2D eigenvalue weighted by molar-refractivity contribution is 5.48. The Labute approximate surface area is 115 Å². The van der Waals surface area contributed by atoms with E-state index in [9.17, 15) is 0 Å². The largest absolute Gasteiger partial charge is 0.353 e. The van der Waals surface area contributed by atoms with Crippen LogP contribution in [-0.2, 0) is 0 Å². The third kappa shape index (κ3) is 3.80. The molecule has 1 aromatic heterocycles. The number of aromatic nitrogens is 2. The van der Waals surface area contributed by atoms with Crippen molar-refractivity contribution < 1.29 is 0 Å². The van der Waals surface area contributed by atoms with Crippen LogP contribution in [0.1, 0.15) is 46.0 Å². The second-order valence-corrected chi connectivity index (χ2v) is 5.72. The number of nitrogens with zero attached hydrogens (tertiary/aromatic N) is 3. The number of hydrazine groups is 1. The van der Waals surface area contributed by atoms with Gasteiger partial charge < -0.3 is 10.3 Å². The highest BCUT2D eigenvalue weighted by Gasteiger charge is 2.23. The first-order chi connectivity index (χ1) is 9.20. The maximum absolute atomic E-state index is 5.44. The van der Waals surface area contributed by atoms with Gasteiger partial charge in [0.2, 0.25) is 0 Å². The van der Waals surface area contributed by atoms with Gasteiger partial charge in [-0.05, 0) is 25.2 Å². The SMILES string of the molecule is CC(C)CCN(c1cc(NN)ncn1)C1CCCC1. The Kier molecular flexibility index (Phi) is 4.96. The minimum Gasteiger partial charge on any atom is -0.353 e. The van der Waals surface area contributed by atoms with E-state index in [0.29, 0.717) is 17.8 Å². The van der Waals surface area contributed by atoms with Gasteiger partial charge in [0.15, 0.2) is 0 Å². The molecule has 1 saturated carbocycles. The van der Waals surface area contributed by atoms with Crippen LogP contribution in [0, 0.1) is 5.92 Å². The molecule has 2 rings (SSSR count). The Morgan fingerprint density at radius 2 is 2.11 bits per heavy atom. The second kappa shape index (κ2) is 6.70. The zero-order chi connectivity index (χ0) is 13.7. The highest BCUT2D eigenvalue weighted by Crippen LogP contribution is 2.28. The Morgan fingerprint density at radius 1 is 1.37 bits per heavy atom. The van der Waals surface area contributed by atoms with Crippen molar-refractivity contribution in [3.8, 4) is 0 Å². The molecule has 1 aliphatic rings. The van der Waals surface area contributed by atoms with Gasteiger partial charge in [-0.25, -0.2) is 15.8 Å². The fourth-order valence-electron chi connectivity index (χ4n) is 2.68. The normalized spacial score (nSPS) is 16.0. The summed E-state index contributed by atoms with van der Waals surface area (Å²) in [5.41, 5.74) is 2.60. The fraction of sp³-hybridized carbons (Fsp3) is 0.714. The zero-order valence-electron chi connectivity index (χ0n) is 12.0.